The summed E-state index contributed by atoms with van der Waals surface area (Å²) in [4.78, 5) is 18.5. The number of hydrogen-bond acceptors (Lipinski definition) is 6. The first-order valence-corrected chi connectivity index (χ1v) is 8.13. The highest BCUT2D eigenvalue weighted by Gasteiger charge is 2.30. The Hall–Kier alpha value is -3.25. The predicted octanol–water partition coefficient (Wildman–Crippen LogP) is 2.10. The van der Waals surface area contributed by atoms with Crippen LogP contribution < -0.4 is 10.9 Å². The molecule has 0 aromatic carbocycles. The van der Waals surface area contributed by atoms with Gasteiger partial charge in [-0.1, -0.05) is 0 Å². The number of aromatic amines is 1. The van der Waals surface area contributed by atoms with Crippen LogP contribution >= 0.6 is 0 Å². The number of nitriles is 1. The number of pyridine rings is 2. The van der Waals surface area contributed by atoms with E-state index in [1.54, 1.807) is 16.8 Å². The van der Waals surface area contributed by atoms with Crippen molar-refractivity contribution < 1.29 is 9.13 Å². The second-order valence-corrected chi connectivity index (χ2v) is 6.02. The molecule has 0 amide bonds. The van der Waals surface area contributed by atoms with Crippen molar-refractivity contribution in [2.75, 3.05) is 18.5 Å². The van der Waals surface area contributed by atoms with Gasteiger partial charge in [0.15, 0.2) is 5.82 Å². The number of nitrogens with zero attached hydrogens (tertiary/aromatic N) is 4. The molecule has 9 heteroatoms. The lowest BCUT2D eigenvalue weighted by atomic mass is 9.96. The van der Waals surface area contributed by atoms with E-state index in [0.29, 0.717) is 36.2 Å². The first-order valence-electron chi connectivity index (χ1n) is 8.13. The fraction of sp³-hybridized carbons (Fsp3) is 0.294. The molecular formula is C17H15FN6O2. The van der Waals surface area contributed by atoms with Gasteiger partial charge in [0.2, 0.25) is 5.95 Å². The van der Waals surface area contributed by atoms with Crippen LogP contribution in [0.4, 0.5) is 15.9 Å². The molecule has 4 rings (SSSR count). The maximum atomic E-state index is 13.4. The zero-order valence-electron chi connectivity index (χ0n) is 13.6. The summed E-state index contributed by atoms with van der Waals surface area (Å²) >= 11 is 0. The zero-order chi connectivity index (χ0) is 18.1. The predicted molar refractivity (Wildman–Crippen MR) is 91.4 cm³/mol. The number of ether oxygens (including phenoxy) is 1. The topological polar surface area (TPSA) is 109 Å². The first-order chi connectivity index (χ1) is 12.7. The van der Waals surface area contributed by atoms with E-state index in [1.165, 1.54) is 18.5 Å². The van der Waals surface area contributed by atoms with Crippen LogP contribution in [-0.4, -0.2) is 33.0 Å². The first kappa shape index (κ1) is 16.2. The monoisotopic (exact) mass is 354 g/mol. The normalized spacial score (nSPS) is 20.0. The van der Waals surface area contributed by atoms with Gasteiger partial charge in [-0.2, -0.15) is 14.8 Å². The third-order valence-electron chi connectivity index (χ3n) is 4.43. The van der Waals surface area contributed by atoms with Gasteiger partial charge in [-0.25, -0.2) is 4.98 Å². The van der Waals surface area contributed by atoms with Gasteiger partial charge in [-0.15, -0.1) is 0 Å². The van der Waals surface area contributed by atoms with E-state index in [2.05, 4.69) is 26.5 Å². The summed E-state index contributed by atoms with van der Waals surface area (Å²) < 4.78 is 20.5. The van der Waals surface area contributed by atoms with E-state index < -0.39 is 5.95 Å². The highest BCUT2D eigenvalue weighted by atomic mass is 19.1. The molecule has 132 valence electrons. The molecule has 0 saturated carbocycles. The number of fused-ring (bicyclic) bond motifs is 1. The van der Waals surface area contributed by atoms with Crippen LogP contribution in [0.3, 0.4) is 0 Å². The molecule has 0 spiro atoms. The Labute approximate surface area is 147 Å². The quantitative estimate of drug-likeness (QED) is 0.697. The molecule has 1 unspecified atom stereocenters. The highest BCUT2D eigenvalue weighted by molar-refractivity contribution is 5.91. The van der Waals surface area contributed by atoms with Gasteiger partial charge >= 0.3 is 0 Å². The van der Waals surface area contributed by atoms with E-state index in [-0.39, 0.29) is 23.3 Å². The highest BCUT2D eigenvalue weighted by Crippen LogP contribution is 2.31. The Balaban J connectivity index is 1.84. The van der Waals surface area contributed by atoms with Crippen molar-refractivity contribution >= 4 is 22.4 Å². The van der Waals surface area contributed by atoms with Crippen molar-refractivity contribution in [1.82, 2.24) is 19.7 Å². The van der Waals surface area contributed by atoms with Crippen molar-refractivity contribution in [3.8, 4) is 6.07 Å². The van der Waals surface area contributed by atoms with Gasteiger partial charge in [0.05, 0.1) is 30.2 Å². The fourth-order valence-electron chi connectivity index (χ4n) is 3.17. The summed E-state index contributed by atoms with van der Waals surface area (Å²) in [5.74, 6) is -0.620. The number of H-pyrrole nitrogens is 1. The van der Waals surface area contributed by atoms with Crippen LogP contribution in [0.15, 0.2) is 35.4 Å². The second-order valence-electron chi connectivity index (χ2n) is 6.02. The van der Waals surface area contributed by atoms with Gasteiger partial charge < -0.3 is 15.0 Å². The summed E-state index contributed by atoms with van der Waals surface area (Å²) in [6, 6.07) is 6.51. The molecule has 1 aliphatic heterocycles. The van der Waals surface area contributed by atoms with Crippen molar-refractivity contribution in [1.29, 1.82) is 5.26 Å². The average Bonchev–Trinajstić information content (AvgIpc) is 3.01. The lowest BCUT2D eigenvalue weighted by Gasteiger charge is -2.27. The van der Waals surface area contributed by atoms with Crippen LogP contribution in [0, 0.1) is 23.2 Å². The number of rotatable bonds is 3. The summed E-state index contributed by atoms with van der Waals surface area (Å²) in [6.07, 6.45) is 3.45. The largest absolute Gasteiger partial charge is 0.379 e. The zero-order valence-corrected chi connectivity index (χ0v) is 13.6. The Morgan fingerprint density at radius 2 is 2.35 bits per heavy atom. The molecule has 26 heavy (non-hydrogen) atoms. The molecule has 4 heterocycles. The van der Waals surface area contributed by atoms with Crippen molar-refractivity contribution in [2.24, 2.45) is 5.92 Å². The molecule has 1 aliphatic rings. The third-order valence-corrected chi connectivity index (χ3v) is 4.43. The van der Waals surface area contributed by atoms with Crippen LogP contribution in [0.2, 0.25) is 0 Å². The summed E-state index contributed by atoms with van der Waals surface area (Å²) in [7, 11) is 0. The number of nitrogens with one attached hydrogen (secondary N) is 2. The SMILES string of the molecule is N#CC1CCOC[C@@H]1n1nc(Nc2ccnc(F)c2)c2c(=O)[nH]ccc21. The lowest BCUT2D eigenvalue weighted by molar-refractivity contribution is 0.0359. The fourth-order valence-corrected chi connectivity index (χ4v) is 3.17. The molecule has 2 atom stereocenters. The van der Waals surface area contributed by atoms with Gasteiger partial charge in [-0.05, 0) is 18.6 Å². The maximum absolute atomic E-state index is 13.4. The van der Waals surface area contributed by atoms with E-state index in [0.717, 1.165) is 0 Å². The molecule has 0 bridgehead atoms. The maximum Gasteiger partial charge on any atom is 0.261 e. The van der Waals surface area contributed by atoms with Gasteiger partial charge in [0.25, 0.3) is 5.56 Å². The molecule has 2 N–H and O–H groups in total. The second kappa shape index (κ2) is 6.57. The van der Waals surface area contributed by atoms with Crippen LogP contribution in [0.5, 0.6) is 0 Å². The van der Waals surface area contributed by atoms with E-state index in [1.807, 2.05) is 0 Å². The number of anilines is 2. The minimum Gasteiger partial charge on any atom is -0.379 e. The molecule has 8 nitrogen and oxygen atoms in total. The van der Waals surface area contributed by atoms with Gasteiger partial charge in [0.1, 0.15) is 5.39 Å². The van der Waals surface area contributed by atoms with E-state index in [4.69, 9.17) is 4.74 Å². The molecule has 1 fully saturated rings. The Morgan fingerprint density at radius 1 is 1.46 bits per heavy atom. The van der Waals surface area contributed by atoms with Gasteiger partial charge in [0, 0.05) is 30.8 Å². The standard InChI is InChI=1S/C17H15FN6O2/c18-14-7-11(1-4-20-14)22-16-15-12(2-5-21-17(15)25)24(23-16)13-9-26-6-3-10(13)8-19/h1-2,4-5,7,10,13H,3,6,9H2,(H,21,25)(H,20,22,23)/t10?,13-/m0/s1. The Kier molecular flexibility index (Phi) is 4.10. The summed E-state index contributed by atoms with van der Waals surface area (Å²) in [5, 5.41) is 17.3. The molecule has 0 radical (unpaired) electrons. The molecular weight excluding hydrogens is 339 g/mol. The molecule has 3 aromatic heterocycles. The summed E-state index contributed by atoms with van der Waals surface area (Å²) in [5.41, 5.74) is 0.682. The summed E-state index contributed by atoms with van der Waals surface area (Å²) in [6.45, 7) is 0.862. The minimum atomic E-state index is -0.641. The van der Waals surface area contributed by atoms with Crippen molar-refractivity contribution in [3.05, 3.63) is 46.9 Å². The molecule has 1 saturated heterocycles. The van der Waals surface area contributed by atoms with Crippen LogP contribution in [0.25, 0.3) is 10.9 Å². The Morgan fingerprint density at radius 3 is 3.15 bits per heavy atom. The van der Waals surface area contributed by atoms with Crippen molar-refractivity contribution in [3.63, 3.8) is 0 Å². The average molecular weight is 354 g/mol. The van der Waals surface area contributed by atoms with E-state index >= 15 is 0 Å². The van der Waals surface area contributed by atoms with Gasteiger partial charge in [-0.3, -0.25) is 9.48 Å². The Bertz CT molecular complexity index is 1050. The van der Waals surface area contributed by atoms with Crippen molar-refractivity contribution in [2.45, 2.75) is 12.5 Å². The minimum absolute atomic E-state index is 0.266. The number of hydrogen-bond donors (Lipinski definition) is 2. The lowest BCUT2D eigenvalue weighted by Crippen LogP contribution is -2.30. The number of aromatic nitrogens is 4. The van der Waals surface area contributed by atoms with Crippen LogP contribution in [0.1, 0.15) is 12.5 Å². The molecule has 0 aliphatic carbocycles. The van der Waals surface area contributed by atoms with E-state index in [9.17, 15) is 14.4 Å². The smallest absolute Gasteiger partial charge is 0.261 e. The molecule has 3 aromatic rings. The number of halogens is 1. The third kappa shape index (κ3) is 2.80. The van der Waals surface area contributed by atoms with Crippen LogP contribution in [-0.2, 0) is 4.74 Å².